The molecule has 5 nitrogen and oxygen atoms in total. The van der Waals surface area contributed by atoms with E-state index < -0.39 is 5.97 Å². The first kappa shape index (κ1) is 12.9. The van der Waals surface area contributed by atoms with Crippen LogP contribution in [-0.4, -0.2) is 51.5 Å². The summed E-state index contributed by atoms with van der Waals surface area (Å²) in [7, 11) is 0. The number of rotatable bonds is 2. The summed E-state index contributed by atoms with van der Waals surface area (Å²) < 4.78 is 0. The van der Waals surface area contributed by atoms with E-state index in [1.165, 1.54) is 6.07 Å². The maximum Gasteiger partial charge on any atom is 0.354 e. The van der Waals surface area contributed by atoms with E-state index >= 15 is 0 Å². The van der Waals surface area contributed by atoms with Crippen molar-refractivity contribution < 1.29 is 14.7 Å². The smallest absolute Gasteiger partial charge is 0.354 e. The first-order chi connectivity index (χ1) is 8.68. The molecule has 0 aromatic carbocycles. The predicted octanol–water partition coefficient (Wildman–Crippen LogP) is 1.36. The van der Waals surface area contributed by atoms with Crippen LogP contribution in [0.25, 0.3) is 0 Å². The molecule has 1 aliphatic heterocycles. The van der Waals surface area contributed by atoms with Gasteiger partial charge in [0.2, 0.25) is 0 Å². The molecule has 1 aromatic rings. The highest BCUT2D eigenvalue weighted by Gasteiger charge is 2.19. The Hall–Kier alpha value is -1.56. The van der Waals surface area contributed by atoms with Gasteiger partial charge in [-0.3, -0.25) is 4.79 Å². The minimum Gasteiger partial charge on any atom is -0.477 e. The number of aromatic nitrogens is 1. The SMILES string of the molecule is O=C(O)c1cccc(C(=O)N2CCCSCC2)n1. The molecule has 96 valence electrons. The maximum absolute atomic E-state index is 12.2. The van der Waals surface area contributed by atoms with E-state index in [0.29, 0.717) is 13.1 Å². The van der Waals surface area contributed by atoms with Gasteiger partial charge in [0.25, 0.3) is 5.91 Å². The molecule has 1 amide bonds. The van der Waals surface area contributed by atoms with Gasteiger partial charge in [0, 0.05) is 18.8 Å². The summed E-state index contributed by atoms with van der Waals surface area (Å²) in [4.78, 5) is 28.6. The Morgan fingerprint density at radius 1 is 1.22 bits per heavy atom. The van der Waals surface area contributed by atoms with Gasteiger partial charge in [-0.15, -0.1) is 0 Å². The van der Waals surface area contributed by atoms with E-state index in [9.17, 15) is 9.59 Å². The summed E-state index contributed by atoms with van der Waals surface area (Å²) in [5.41, 5.74) is 0.117. The third kappa shape index (κ3) is 3.01. The van der Waals surface area contributed by atoms with E-state index in [-0.39, 0.29) is 17.3 Å². The molecule has 1 saturated heterocycles. The summed E-state index contributed by atoms with van der Waals surface area (Å²) in [5, 5.41) is 8.86. The number of carboxylic acid groups (broad SMARTS) is 1. The zero-order valence-electron chi connectivity index (χ0n) is 9.83. The first-order valence-corrected chi connectivity index (χ1v) is 6.91. The zero-order valence-corrected chi connectivity index (χ0v) is 10.7. The standard InChI is InChI=1S/C12H14N2O3S/c15-11(14-5-2-7-18-8-6-14)9-3-1-4-10(13-9)12(16)17/h1,3-4H,2,5-8H2,(H,16,17). The third-order valence-corrected chi connectivity index (χ3v) is 3.75. The van der Waals surface area contributed by atoms with E-state index in [1.807, 2.05) is 11.8 Å². The van der Waals surface area contributed by atoms with Gasteiger partial charge in [0.05, 0.1) is 0 Å². The minimum absolute atomic E-state index is 0.0925. The Morgan fingerprint density at radius 3 is 2.78 bits per heavy atom. The third-order valence-electron chi connectivity index (χ3n) is 2.70. The highest BCUT2D eigenvalue weighted by Crippen LogP contribution is 2.12. The average Bonchev–Trinajstić information content (AvgIpc) is 2.67. The molecule has 0 spiro atoms. The van der Waals surface area contributed by atoms with Crippen LogP contribution >= 0.6 is 11.8 Å². The molecule has 0 saturated carbocycles. The number of amides is 1. The highest BCUT2D eigenvalue weighted by molar-refractivity contribution is 7.99. The van der Waals surface area contributed by atoms with Crippen LogP contribution in [0.15, 0.2) is 18.2 Å². The average molecular weight is 266 g/mol. The lowest BCUT2D eigenvalue weighted by molar-refractivity contribution is 0.0690. The number of carbonyl (C=O) groups is 2. The molecule has 18 heavy (non-hydrogen) atoms. The van der Waals surface area contributed by atoms with Crippen LogP contribution in [0.3, 0.4) is 0 Å². The van der Waals surface area contributed by atoms with E-state index in [1.54, 1.807) is 17.0 Å². The molecule has 2 heterocycles. The molecule has 0 bridgehead atoms. The Morgan fingerprint density at radius 2 is 2.00 bits per heavy atom. The molecule has 0 radical (unpaired) electrons. The van der Waals surface area contributed by atoms with Crippen LogP contribution in [0.5, 0.6) is 0 Å². The van der Waals surface area contributed by atoms with Crippen LogP contribution in [0.2, 0.25) is 0 Å². The molecule has 0 aliphatic carbocycles. The summed E-state index contributed by atoms with van der Waals surface area (Å²) in [6.07, 6.45) is 0.967. The van der Waals surface area contributed by atoms with Crippen molar-refractivity contribution in [3.63, 3.8) is 0 Å². The van der Waals surface area contributed by atoms with Gasteiger partial charge in [0.1, 0.15) is 11.4 Å². The summed E-state index contributed by atoms with van der Waals surface area (Å²) in [6, 6.07) is 4.50. The summed E-state index contributed by atoms with van der Waals surface area (Å²) >= 11 is 1.83. The molecular weight excluding hydrogens is 252 g/mol. The zero-order chi connectivity index (χ0) is 13.0. The van der Waals surface area contributed by atoms with Crippen LogP contribution in [0.4, 0.5) is 0 Å². The Balaban J connectivity index is 2.16. The van der Waals surface area contributed by atoms with Gasteiger partial charge in [-0.05, 0) is 24.3 Å². The fourth-order valence-electron chi connectivity index (χ4n) is 1.78. The number of carbonyl (C=O) groups excluding carboxylic acids is 1. The van der Waals surface area contributed by atoms with Gasteiger partial charge in [-0.1, -0.05) is 6.07 Å². The quantitative estimate of drug-likeness (QED) is 0.875. The molecule has 6 heteroatoms. The van der Waals surface area contributed by atoms with Crippen LogP contribution in [0.1, 0.15) is 27.4 Å². The molecular formula is C12H14N2O3S. The van der Waals surface area contributed by atoms with Gasteiger partial charge < -0.3 is 10.0 Å². The molecule has 0 atom stereocenters. The van der Waals surface area contributed by atoms with Crippen molar-refractivity contribution in [1.29, 1.82) is 0 Å². The fraction of sp³-hybridized carbons (Fsp3) is 0.417. The van der Waals surface area contributed by atoms with Crippen LogP contribution in [-0.2, 0) is 0 Å². The predicted molar refractivity (Wildman–Crippen MR) is 69.0 cm³/mol. The number of hydrogen-bond donors (Lipinski definition) is 1. The monoisotopic (exact) mass is 266 g/mol. The van der Waals surface area contributed by atoms with Gasteiger partial charge in [-0.2, -0.15) is 11.8 Å². The first-order valence-electron chi connectivity index (χ1n) is 5.76. The lowest BCUT2D eigenvalue weighted by Crippen LogP contribution is -2.33. The second-order valence-corrected chi connectivity index (χ2v) is 5.20. The lowest BCUT2D eigenvalue weighted by Gasteiger charge is -2.19. The largest absolute Gasteiger partial charge is 0.477 e. The highest BCUT2D eigenvalue weighted by atomic mass is 32.2. The van der Waals surface area contributed by atoms with Crippen LogP contribution < -0.4 is 0 Å². The second kappa shape index (κ2) is 5.86. The molecule has 0 unspecified atom stereocenters. The number of aromatic carboxylic acids is 1. The normalized spacial score (nSPS) is 16.1. The van der Waals surface area contributed by atoms with Crippen molar-refractivity contribution in [3.8, 4) is 0 Å². The topological polar surface area (TPSA) is 70.5 Å². The van der Waals surface area contributed by atoms with Crippen molar-refractivity contribution in [2.24, 2.45) is 0 Å². The van der Waals surface area contributed by atoms with Crippen LogP contribution in [0, 0.1) is 0 Å². The number of pyridine rings is 1. The van der Waals surface area contributed by atoms with E-state index in [2.05, 4.69) is 4.98 Å². The van der Waals surface area contributed by atoms with Crippen molar-refractivity contribution in [3.05, 3.63) is 29.6 Å². The minimum atomic E-state index is -1.11. The van der Waals surface area contributed by atoms with E-state index in [0.717, 1.165) is 17.9 Å². The molecule has 2 rings (SSSR count). The maximum atomic E-state index is 12.2. The van der Waals surface area contributed by atoms with Gasteiger partial charge >= 0.3 is 5.97 Å². The van der Waals surface area contributed by atoms with E-state index in [4.69, 9.17) is 5.11 Å². The molecule has 1 N–H and O–H groups in total. The Kier molecular flexibility index (Phi) is 4.19. The van der Waals surface area contributed by atoms with Gasteiger partial charge in [0.15, 0.2) is 0 Å². The van der Waals surface area contributed by atoms with Crippen molar-refractivity contribution >= 4 is 23.6 Å². The lowest BCUT2D eigenvalue weighted by atomic mass is 10.2. The van der Waals surface area contributed by atoms with Crippen molar-refractivity contribution in [2.75, 3.05) is 24.6 Å². The fourth-order valence-corrected chi connectivity index (χ4v) is 2.67. The Bertz CT molecular complexity index is 456. The molecule has 1 aromatic heterocycles. The summed E-state index contributed by atoms with van der Waals surface area (Å²) in [5.74, 6) is 0.688. The number of hydrogen-bond acceptors (Lipinski definition) is 4. The number of carboxylic acids is 1. The molecule has 1 fully saturated rings. The second-order valence-electron chi connectivity index (χ2n) is 3.97. The Labute approximate surface area is 109 Å². The summed E-state index contributed by atoms with van der Waals surface area (Å²) in [6.45, 7) is 1.41. The van der Waals surface area contributed by atoms with Gasteiger partial charge in [-0.25, -0.2) is 9.78 Å². The van der Waals surface area contributed by atoms with Crippen molar-refractivity contribution in [2.45, 2.75) is 6.42 Å². The molecule has 1 aliphatic rings. The van der Waals surface area contributed by atoms with Crippen molar-refractivity contribution in [1.82, 2.24) is 9.88 Å². The number of nitrogens with zero attached hydrogens (tertiary/aromatic N) is 2. The number of thioether (sulfide) groups is 1.